The van der Waals surface area contributed by atoms with Gasteiger partial charge in [0.1, 0.15) is 5.75 Å². The predicted molar refractivity (Wildman–Crippen MR) is 77.4 cm³/mol. The van der Waals surface area contributed by atoms with Crippen molar-refractivity contribution in [2.45, 2.75) is 26.3 Å². The van der Waals surface area contributed by atoms with Gasteiger partial charge in [0.15, 0.2) is 0 Å². The van der Waals surface area contributed by atoms with Crippen molar-refractivity contribution in [2.24, 2.45) is 0 Å². The van der Waals surface area contributed by atoms with Crippen molar-refractivity contribution < 1.29 is 14.3 Å². The third-order valence-corrected chi connectivity index (χ3v) is 3.17. The van der Waals surface area contributed by atoms with E-state index in [-0.39, 0.29) is 5.54 Å². The summed E-state index contributed by atoms with van der Waals surface area (Å²) >= 11 is 0. The summed E-state index contributed by atoms with van der Waals surface area (Å²) in [6.07, 6.45) is 0. The lowest BCUT2D eigenvalue weighted by atomic mass is 10.1. The third kappa shape index (κ3) is 2.82. The Labute approximate surface area is 118 Å². The number of Topliss-reactive ketones (excluding diaryl/α,β-unsaturated/α-hetero) is 1. The second-order valence-corrected chi connectivity index (χ2v) is 5.85. The highest BCUT2D eigenvalue weighted by Crippen LogP contribution is 2.31. The van der Waals surface area contributed by atoms with Crippen molar-refractivity contribution >= 4 is 17.4 Å². The molecule has 2 rings (SSSR count). The molecule has 0 saturated heterocycles. The molecular formula is C15H20N2O3. The number of ether oxygens (including phenoxy) is 1. The van der Waals surface area contributed by atoms with E-state index < -0.39 is 11.7 Å². The fraction of sp³-hybridized carbons (Fsp3) is 0.467. The zero-order valence-electron chi connectivity index (χ0n) is 12.3. The van der Waals surface area contributed by atoms with E-state index in [1.54, 1.807) is 18.2 Å². The Morgan fingerprint density at radius 3 is 2.55 bits per heavy atom. The lowest BCUT2D eigenvalue weighted by molar-refractivity contribution is -0.114. The highest BCUT2D eigenvalue weighted by atomic mass is 16.5. The van der Waals surface area contributed by atoms with Gasteiger partial charge in [-0.2, -0.15) is 0 Å². The molecule has 108 valence electrons. The van der Waals surface area contributed by atoms with Crippen molar-refractivity contribution in [3.8, 4) is 5.75 Å². The lowest BCUT2D eigenvalue weighted by Gasteiger charge is -2.23. The molecule has 1 N–H and O–H groups in total. The largest absolute Gasteiger partial charge is 0.497 e. The molecule has 1 heterocycles. The van der Waals surface area contributed by atoms with E-state index >= 15 is 0 Å². The molecule has 0 spiro atoms. The Balaban J connectivity index is 2.17. The summed E-state index contributed by atoms with van der Waals surface area (Å²) in [4.78, 5) is 25.5. The first-order valence-electron chi connectivity index (χ1n) is 6.63. The average Bonchev–Trinajstić information content (AvgIpc) is 2.62. The molecule has 20 heavy (non-hydrogen) atoms. The summed E-state index contributed by atoms with van der Waals surface area (Å²) in [6, 6.07) is 5.13. The number of hydrogen-bond acceptors (Lipinski definition) is 4. The molecule has 1 aliphatic heterocycles. The van der Waals surface area contributed by atoms with Gasteiger partial charge >= 0.3 is 0 Å². The number of methoxy groups -OCH3 is 1. The van der Waals surface area contributed by atoms with Crippen LogP contribution in [0, 0.1) is 0 Å². The van der Waals surface area contributed by atoms with Crippen molar-refractivity contribution in [1.29, 1.82) is 0 Å². The number of ketones is 1. The Bertz CT molecular complexity index is 547. The van der Waals surface area contributed by atoms with Crippen LogP contribution in [0.5, 0.6) is 5.75 Å². The smallest absolute Gasteiger partial charge is 0.299 e. The van der Waals surface area contributed by atoms with Gasteiger partial charge in [-0.3, -0.25) is 9.59 Å². The number of carbonyl (C=O) groups excluding carboxylic acids is 2. The van der Waals surface area contributed by atoms with Crippen LogP contribution in [0.1, 0.15) is 31.1 Å². The Morgan fingerprint density at radius 1 is 1.25 bits per heavy atom. The molecule has 0 radical (unpaired) electrons. The molecule has 1 aromatic carbocycles. The number of fused-ring (bicyclic) bond motifs is 1. The van der Waals surface area contributed by atoms with E-state index in [4.69, 9.17) is 4.74 Å². The first kappa shape index (κ1) is 14.5. The molecule has 0 saturated carbocycles. The van der Waals surface area contributed by atoms with Gasteiger partial charge in [-0.15, -0.1) is 0 Å². The fourth-order valence-electron chi connectivity index (χ4n) is 2.17. The zero-order chi connectivity index (χ0) is 14.9. The van der Waals surface area contributed by atoms with E-state index in [0.29, 0.717) is 30.1 Å². The maximum absolute atomic E-state index is 12.0. The minimum Gasteiger partial charge on any atom is -0.497 e. The van der Waals surface area contributed by atoms with Crippen molar-refractivity contribution in [3.05, 3.63) is 23.8 Å². The summed E-state index contributed by atoms with van der Waals surface area (Å²) in [5, 5.41) is 3.31. The molecule has 0 aromatic heterocycles. The number of nitrogens with one attached hydrogen (secondary N) is 1. The highest BCUT2D eigenvalue weighted by molar-refractivity contribution is 6.52. The topological polar surface area (TPSA) is 58.6 Å². The predicted octanol–water partition coefficient (Wildman–Crippen LogP) is 1.61. The molecule has 0 atom stereocenters. The molecule has 0 fully saturated rings. The number of amides is 1. The molecule has 5 nitrogen and oxygen atoms in total. The summed E-state index contributed by atoms with van der Waals surface area (Å²) in [5.74, 6) is -0.349. The van der Waals surface area contributed by atoms with Crippen LogP contribution in [-0.4, -0.2) is 37.4 Å². The Morgan fingerprint density at radius 2 is 1.95 bits per heavy atom. The van der Waals surface area contributed by atoms with Crippen LogP contribution >= 0.6 is 0 Å². The first-order chi connectivity index (χ1) is 9.33. The monoisotopic (exact) mass is 276 g/mol. The van der Waals surface area contributed by atoms with Crippen LogP contribution in [-0.2, 0) is 4.79 Å². The summed E-state index contributed by atoms with van der Waals surface area (Å²) in [6.45, 7) is 7.28. The molecular weight excluding hydrogens is 256 g/mol. The number of benzene rings is 1. The minimum absolute atomic E-state index is 0.0183. The molecule has 1 aromatic rings. The third-order valence-electron chi connectivity index (χ3n) is 3.17. The quantitative estimate of drug-likeness (QED) is 0.849. The maximum atomic E-state index is 12.0. The molecule has 1 amide bonds. The molecule has 0 unspecified atom stereocenters. The fourth-order valence-corrected chi connectivity index (χ4v) is 2.17. The number of nitrogens with zero attached hydrogens (tertiary/aromatic N) is 1. The lowest BCUT2D eigenvalue weighted by Crippen LogP contribution is -2.42. The Hall–Kier alpha value is -1.88. The van der Waals surface area contributed by atoms with Gasteiger partial charge < -0.3 is 15.0 Å². The minimum atomic E-state index is -0.469. The SMILES string of the molecule is COc1ccc2c(c1)C(=O)C(=O)N2CCNC(C)(C)C. The number of rotatable bonds is 4. The summed E-state index contributed by atoms with van der Waals surface area (Å²) < 4.78 is 5.09. The summed E-state index contributed by atoms with van der Waals surface area (Å²) in [7, 11) is 1.54. The van der Waals surface area contributed by atoms with Crippen LogP contribution in [0.2, 0.25) is 0 Å². The molecule has 5 heteroatoms. The van der Waals surface area contributed by atoms with E-state index in [1.807, 2.05) is 0 Å². The van der Waals surface area contributed by atoms with Gasteiger partial charge in [-0.25, -0.2) is 0 Å². The van der Waals surface area contributed by atoms with Gasteiger partial charge in [-0.1, -0.05) is 0 Å². The van der Waals surface area contributed by atoms with E-state index in [9.17, 15) is 9.59 Å². The second-order valence-electron chi connectivity index (χ2n) is 5.85. The van der Waals surface area contributed by atoms with Gasteiger partial charge in [0.05, 0.1) is 18.4 Å². The van der Waals surface area contributed by atoms with Crippen LogP contribution in [0.25, 0.3) is 0 Å². The molecule has 0 aliphatic carbocycles. The summed E-state index contributed by atoms with van der Waals surface area (Å²) in [5.41, 5.74) is 1.07. The van der Waals surface area contributed by atoms with E-state index in [2.05, 4.69) is 26.1 Å². The normalized spacial score (nSPS) is 14.7. The number of hydrogen-bond donors (Lipinski definition) is 1. The Kier molecular flexibility index (Phi) is 3.81. The van der Waals surface area contributed by atoms with Crippen molar-refractivity contribution in [3.63, 3.8) is 0 Å². The van der Waals surface area contributed by atoms with E-state index in [1.165, 1.54) is 12.0 Å². The highest BCUT2D eigenvalue weighted by Gasteiger charge is 2.35. The van der Waals surface area contributed by atoms with Gasteiger partial charge in [0, 0.05) is 18.6 Å². The second kappa shape index (κ2) is 5.25. The van der Waals surface area contributed by atoms with Crippen molar-refractivity contribution in [1.82, 2.24) is 5.32 Å². The van der Waals surface area contributed by atoms with Crippen LogP contribution in [0.4, 0.5) is 5.69 Å². The van der Waals surface area contributed by atoms with E-state index in [0.717, 1.165) is 0 Å². The average molecular weight is 276 g/mol. The van der Waals surface area contributed by atoms with Crippen LogP contribution in [0.15, 0.2) is 18.2 Å². The van der Waals surface area contributed by atoms with Crippen LogP contribution in [0.3, 0.4) is 0 Å². The van der Waals surface area contributed by atoms with Gasteiger partial charge in [-0.05, 0) is 39.0 Å². The maximum Gasteiger partial charge on any atom is 0.299 e. The molecule has 0 bridgehead atoms. The van der Waals surface area contributed by atoms with Crippen LogP contribution < -0.4 is 15.0 Å². The van der Waals surface area contributed by atoms with Crippen molar-refractivity contribution in [2.75, 3.05) is 25.1 Å². The zero-order valence-corrected chi connectivity index (χ0v) is 12.3. The number of anilines is 1. The standard InChI is InChI=1S/C15H20N2O3/c1-15(2,3)16-7-8-17-12-6-5-10(20-4)9-11(12)13(18)14(17)19/h5-6,9,16H,7-8H2,1-4H3. The van der Waals surface area contributed by atoms with Gasteiger partial charge in [0.25, 0.3) is 11.7 Å². The number of carbonyl (C=O) groups is 2. The van der Waals surface area contributed by atoms with Gasteiger partial charge in [0.2, 0.25) is 0 Å². The first-order valence-corrected chi connectivity index (χ1v) is 6.63. The molecule has 1 aliphatic rings.